The number of ether oxygens (including phenoxy) is 2. The van der Waals surface area contributed by atoms with Crippen molar-refractivity contribution in [3.63, 3.8) is 0 Å². The average Bonchev–Trinajstić information content (AvgIpc) is 2.27. The highest BCUT2D eigenvalue weighted by Gasteiger charge is 2.36. The number of methoxy groups -OCH3 is 2. The molecule has 0 rings (SSSR count). The molecule has 0 aromatic carbocycles. The average molecular weight is 245 g/mol. The van der Waals surface area contributed by atoms with Crippen LogP contribution in [0.15, 0.2) is 0 Å². The van der Waals surface area contributed by atoms with Crippen molar-refractivity contribution in [1.82, 2.24) is 0 Å². The summed E-state index contributed by atoms with van der Waals surface area (Å²) in [5, 5.41) is 0. The Morgan fingerprint density at radius 3 is 2.00 bits per heavy atom. The Labute approximate surface area is 103 Å². The van der Waals surface area contributed by atoms with Gasteiger partial charge >= 0.3 is 0 Å². The maximum absolute atomic E-state index is 11.9. The van der Waals surface area contributed by atoms with Gasteiger partial charge in [0.2, 0.25) is 0 Å². The first kappa shape index (κ1) is 16.2. The van der Waals surface area contributed by atoms with Crippen molar-refractivity contribution >= 4 is 11.6 Å². The smallest absolute Gasteiger partial charge is 0.182 e. The van der Waals surface area contributed by atoms with Gasteiger partial charge in [0.05, 0.1) is 0 Å². The second-order valence-electron chi connectivity index (χ2n) is 4.92. The summed E-state index contributed by atoms with van der Waals surface area (Å²) in [5.41, 5.74) is 3.43. The fourth-order valence-electron chi connectivity index (χ4n) is 1.32. The lowest BCUT2D eigenvalue weighted by Gasteiger charge is -2.27. The molecule has 0 aliphatic carbocycles. The number of rotatable bonds is 7. The van der Waals surface area contributed by atoms with Gasteiger partial charge < -0.3 is 9.47 Å². The number of nitrogens with two attached hydrogens (primary N) is 1. The molecule has 2 unspecified atom stereocenters. The van der Waals surface area contributed by atoms with Gasteiger partial charge in [0.25, 0.3) is 0 Å². The molecule has 100 valence electrons. The van der Waals surface area contributed by atoms with E-state index in [9.17, 15) is 9.59 Å². The van der Waals surface area contributed by atoms with Gasteiger partial charge in [0.1, 0.15) is 5.60 Å². The van der Waals surface area contributed by atoms with Gasteiger partial charge in [-0.1, -0.05) is 6.92 Å². The number of carbonyl (C=O) groups is 2. The minimum atomic E-state index is -1.35. The van der Waals surface area contributed by atoms with Gasteiger partial charge in [0.15, 0.2) is 17.3 Å². The van der Waals surface area contributed by atoms with E-state index in [1.54, 1.807) is 20.8 Å². The second-order valence-corrected chi connectivity index (χ2v) is 4.92. The van der Waals surface area contributed by atoms with Crippen LogP contribution in [0.1, 0.15) is 34.1 Å². The molecule has 0 aromatic rings. The molecule has 0 aliphatic rings. The molecule has 0 heterocycles. The second kappa shape index (κ2) is 5.71. The van der Waals surface area contributed by atoms with Gasteiger partial charge in [-0.25, -0.2) is 0 Å². The van der Waals surface area contributed by atoms with Gasteiger partial charge in [-0.05, 0) is 20.8 Å². The zero-order valence-electron chi connectivity index (χ0n) is 11.5. The molecule has 0 radical (unpaired) electrons. The van der Waals surface area contributed by atoms with Crippen LogP contribution in [0.25, 0.3) is 0 Å². The first-order chi connectivity index (χ1) is 7.58. The number of carbonyl (C=O) groups excluding carboxylic acids is 2. The molecule has 0 saturated carbocycles. The third kappa shape index (κ3) is 4.18. The van der Waals surface area contributed by atoms with Gasteiger partial charge in [-0.2, -0.15) is 0 Å². The zero-order chi connectivity index (χ0) is 13.9. The highest BCUT2D eigenvalue weighted by atomic mass is 16.5. The first-order valence-electron chi connectivity index (χ1n) is 5.55. The number of Topliss-reactive ketones (excluding diaryl/α,β-unsaturated/α-hetero) is 2. The van der Waals surface area contributed by atoms with Crippen LogP contribution in [0, 0.1) is 5.92 Å². The Morgan fingerprint density at radius 2 is 1.65 bits per heavy atom. The molecule has 0 saturated heterocycles. The summed E-state index contributed by atoms with van der Waals surface area (Å²) in [6.45, 7) is 6.49. The van der Waals surface area contributed by atoms with Crippen LogP contribution in [-0.4, -0.2) is 37.1 Å². The highest BCUT2D eigenvalue weighted by molar-refractivity contribution is 5.94. The first-order valence-corrected chi connectivity index (χ1v) is 5.55. The fraction of sp³-hybridized carbons (Fsp3) is 0.833. The van der Waals surface area contributed by atoms with Gasteiger partial charge in [-0.3, -0.25) is 15.3 Å². The molecule has 0 bridgehead atoms. The highest BCUT2D eigenvalue weighted by Crippen LogP contribution is 2.19. The quantitative estimate of drug-likeness (QED) is 0.674. The van der Waals surface area contributed by atoms with Crippen molar-refractivity contribution in [2.24, 2.45) is 11.7 Å². The summed E-state index contributed by atoms with van der Waals surface area (Å²) in [4.78, 5) is 23.8. The SMILES string of the molecule is COC(C)(C)C(=O)CC(C)C(=O)C(C)(N)OC. The molecule has 0 spiro atoms. The normalized spacial score (nSPS) is 17.4. The molecular weight excluding hydrogens is 222 g/mol. The Morgan fingerprint density at radius 1 is 1.18 bits per heavy atom. The minimum absolute atomic E-state index is 0.0931. The van der Waals surface area contributed by atoms with Crippen LogP contribution in [0.5, 0.6) is 0 Å². The van der Waals surface area contributed by atoms with E-state index in [1.807, 2.05) is 0 Å². The summed E-state index contributed by atoms with van der Waals surface area (Å²) < 4.78 is 9.97. The van der Waals surface area contributed by atoms with Crippen molar-refractivity contribution in [2.75, 3.05) is 14.2 Å². The number of hydrogen-bond donors (Lipinski definition) is 1. The van der Waals surface area contributed by atoms with E-state index < -0.39 is 17.2 Å². The molecule has 5 heteroatoms. The van der Waals surface area contributed by atoms with Crippen molar-refractivity contribution in [1.29, 1.82) is 0 Å². The lowest BCUT2D eigenvalue weighted by molar-refractivity contribution is -0.147. The molecule has 0 aliphatic heterocycles. The standard InChI is InChI=1S/C12H23NO4/c1-8(10(15)12(4,13)17-6)7-9(14)11(2,3)16-5/h8H,7,13H2,1-6H3. The molecule has 0 fully saturated rings. The van der Waals surface area contributed by atoms with Crippen molar-refractivity contribution in [2.45, 2.75) is 45.4 Å². The molecular formula is C12H23NO4. The van der Waals surface area contributed by atoms with Crippen LogP contribution in [0.4, 0.5) is 0 Å². The largest absolute Gasteiger partial charge is 0.371 e. The van der Waals surface area contributed by atoms with Crippen molar-refractivity contribution in [3.05, 3.63) is 0 Å². The van der Waals surface area contributed by atoms with Gasteiger partial charge in [-0.15, -0.1) is 0 Å². The molecule has 0 aromatic heterocycles. The van der Waals surface area contributed by atoms with E-state index in [4.69, 9.17) is 15.2 Å². The Bertz CT molecular complexity index is 297. The zero-order valence-corrected chi connectivity index (χ0v) is 11.5. The van der Waals surface area contributed by atoms with Crippen LogP contribution < -0.4 is 5.73 Å². The molecule has 5 nitrogen and oxygen atoms in total. The van der Waals surface area contributed by atoms with Crippen LogP contribution in [0.2, 0.25) is 0 Å². The Kier molecular flexibility index (Phi) is 5.45. The summed E-state index contributed by atoms with van der Waals surface area (Å²) in [7, 11) is 2.83. The number of ketones is 2. The lowest BCUT2D eigenvalue weighted by atomic mass is 9.89. The predicted octanol–water partition coefficient (Wildman–Crippen LogP) is 0.897. The molecule has 2 N–H and O–H groups in total. The van der Waals surface area contributed by atoms with Crippen LogP contribution in [-0.2, 0) is 19.1 Å². The summed E-state index contributed by atoms with van der Waals surface area (Å²) in [5.74, 6) is -0.917. The molecule has 0 amide bonds. The van der Waals surface area contributed by atoms with Crippen LogP contribution in [0.3, 0.4) is 0 Å². The van der Waals surface area contributed by atoms with Gasteiger partial charge in [0, 0.05) is 26.6 Å². The third-order valence-electron chi connectivity index (χ3n) is 3.03. The lowest BCUT2D eigenvalue weighted by Crippen LogP contribution is -2.50. The van der Waals surface area contributed by atoms with Crippen molar-refractivity contribution in [3.8, 4) is 0 Å². The molecule has 17 heavy (non-hydrogen) atoms. The van der Waals surface area contributed by atoms with E-state index in [1.165, 1.54) is 21.1 Å². The van der Waals surface area contributed by atoms with E-state index in [0.717, 1.165) is 0 Å². The van der Waals surface area contributed by atoms with Crippen molar-refractivity contribution < 1.29 is 19.1 Å². The van der Waals surface area contributed by atoms with E-state index in [0.29, 0.717) is 0 Å². The number of hydrogen-bond acceptors (Lipinski definition) is 5. The topological polar surface area (TPSA) is 78.6 Å². The maximum atomic E-state index is 11.9. The fourth-order valence-corrected chi connectivity index (χ4v) is 1.32. The summed E-state index contributed by atoms with van der Waals surface area (Å²) in [6, 6.07) is 0. The van der Waals surface area contributed by atoms with E-state index in [-0.39, 0.29) is 18.0 Å². The predicted molar refractivity (Wildman–Crippen MR) is 64.5 cm³/mol. The summed E-state index contributed by atoms with van der Waals surface area (Å²) >= 11 is 0. The maximum Gasteiger partial charge on any atom is 0.182 e. The molecule has 2 atom stereocenters. The van der Waals surface area contributed by atoms with E-state index in [2.05, 4.69) is 0 Å². The third-order valence-corrected chi connectivity index (χ3v) is 3.03. The Balaban J connectivity index is 4.62. The Hall–Kier alpha value is -0.780. The monoisotopic (exact) mass is 245 g/mol. The van der Waals surface area contributed by atoms with E-state index >= 15 is 0 Å². The summed E-state index contributed by atoms with van der Waals surface area (Å²) in [6.07, 6.45) is 0.0931. The van der Waals surface area contributed by atoms with Crippen LogP contribution >= 0.6 is 0 Å². The minimum Gasteiger partial charge on any atom is -0.371 e.